The zero-order valence-electron chi connectivity index (χ0n) is 16.9. The normalized spacial score (nSPS) is 31.6. The second-order valence-electron chi connectivity index (χ2n) is 7.47. The Morgan fingerprint density at radius 1 is 1.10 bits per heavy atom. The number of esters is 2. The Labute approximate surface area is 169 Å². The summed E-state index contributed by atoms with van der Waals surface area (Å²) in [4.78, 5) is 30.9. The summed E-state index contributed by atoms with van der Waals surface area (Å²) < 4.78 is 21.6. The fourth-order valence-corrected chi connectivity index (χ4v) is 3.91. The molecule has 0 radical (unpaired) electrons. The average molecular weight is 409 g/mol. The van der Waals surface area contributed by atoms with Gasteiger partial charge in [0.25, 0.3) is 0 Å². The first kappa shape index (κ1) is 21.7. The Bertz CT molecular complexity index is 724. The van der Waals surface area contributed by atoms with E-state index in [1.165, 1.54) is 19.3 Å². The van der Waals surface area contributed by atoms with Crippen LogP contribution in [0.25, 0.3) is 0 Å². The number of aliphatic hydroxyl groups is 1. The molecule has 2 saturated heterocycles. The summed E-state index contributed by atoms with van der Waals surface area (Å²) >= 11 is 0. The van der Waals surface area contributed by atoms with Gasteiger partial charge in [-0.05, 0) is 19.4 Å². The molecule has 2 aliphatic heterocycles. The van der Waals surface area contributed by atoms with Crippen LogP contribution in [0.15, 0.2) is 30.3 Å². The number of aliphatic hydroxyl groups excluding tert-OH is 1. The SMILES string of the molecule is COC(=O)[C@@H]1[C@@H]([C@@H]2OC(C)(C)O[C@@H]2CO)N(Cc2ccccc2)O[C@@H]1C(=O)OC. The van der Waals surface area contributed by atoms with E-state index in [9.17, 15) is 14.7 Å². The number of methoxy groups -OCH3 is 2. The molecule has 29 heavy (non-hydrogen) atoms. The van der Waals surface area contributed by atoms with Crippen LogP contribution in [-0.2, 0) is 39.9 Å². The summed E-state index contributed by atoms with van der Waals surface area (Å²) in [6.45, 7) is 3.40. The van der Waals surface area contributed by atoms with Crippen LogP contribution in [0.3, 0.4) is 0 Å². The van der Waals surface area contributed by atoms with Crippen LogP contribution < -0.4 is 0 Å². The lowest BCUT2D eigenvalue weighted by Gasteiger charge is -2.31. The first-order chi connectivity index (χ1) is 13.8. The van der Waals surface area contributed by atoms with Crippen molar-refractivity contribution in [3.8, 4) is 0 Å². The van der Waals surface area contributed by atoms with Gasteiger partial charge >= 0.3 is 11.9 Å². The first-order valence-corrected chi connectivity index (χ1v) is 9.40. The molecule has 0 amide bonds. The number of carbonyl (C=O) groups is 2. The largest absolute Gasteiger partial charge is 0.469 e. The number of ether oxygens (including phenoxy) is 4. The molecule has 0 aromatic heterocycles. The van der Waals surface area contributed by atoms with Crippen LogP contribution in [-0.4, -0.2) is 73.1 Å². The maximum Gasteiger partial charge on any atom is 0.338 e. The zero-order valence-corrected chi connectivity index (χ0v) is 16.9. The van der Waals surface area contributed by atoms with E-state index in [4.69, 9.17) is 23.8 Å². The Balaban J connectivity index is 2.00. The number of carbonyl (C=O) groups excluding carboxylic acids is 2. The van der Waals surface area contributed by atoms with E-state index in [1.807, 2.05) is 30.3 Å². The number of rotatable bonds is 6. The molecule has 0 saturated carbocycles. The quantitative estimate of drug-likeness (QED) is 0.678. The van der Waals surface area contributed by atoms with Gasteiger partial charge in [0.2, 0.25) is 0 Å². The molecule has 2 aliphatic rings. The van der Waals surface area contributed by atoms with Crippen molar-refractivity contribution < 1.29 is 38.5 Å². The predicted octanol–water partition coefficient (Wildman–Crippen LogP) is 0.646. The molecule has 1 aromatic rings. The molecule has 9 heteroatoms. The molecular formula is C20H27NO8. The molecule has 0 bridgehead atoms. The zero-order chi connectivity index (χ0) is 21.2. The van der Waals surface area contributed by atoms with Gasteiger partial charge in [-0.25, -0.2) is 4.79 Å². The Morgan fingerprint density at radius 3 is 2.34 bits per heavy atom. The number of nitrogens with zero attached hydrogens (tertiary/aromatic N) is 1. The Hall–Kier alpha value is -2.04. The molecule has 3 rings (SSSR count). The molecule has 5 atom stereocenters. The van der Waals surface area contributed by atoms with Gasteiger partial charge in [-0.2, -0.15) is 5.06 Å². The maximum atomic E-state index is 12.7. The van der Waals surface area contributed by atoms with Crippen molar-refractivity contribution in [1.82, 2.24) is 5.06 Å². The molecular weight excluding hydrogens is 382 g/mol. The van der Waals surface area contributed by atoms with Gasteiger partial charge < -0.3 is 24.1 Å². The van der Waals surface area contributed by atoms with E-state index < -0.39 is 48.0 Å². The minimum atomic E-state index is -1.20. The van der Waals surface area contributed by atoms with E-state index in [0.29, 0.717) is 0 Å². The topological polar surface area (TPSA) is 104 Å². The summed E-state index contributed by atoms with van der Waals surface area (Å²) in [7, 11) is 2.47. The second-order valence-corrected chi connectivity index (χ2v) is 7.47. The van der Waals surface area contributed by atoms with Gasteiger partial charge in [-0.1, -0.05) is 30.3 Å². The molecule has 1 N–H and O–H groups in total. The second kappa shape index (κ2) is 8.76. The number of hydrogen-bond donors (Lipinski definition) is 1. The smallest absolute Gasteiger partial charge is 0.338 e. The third-order valence-corrected chi connectivity index (χ3v) is 5.10. The van der Waals surface area contributed by atoms with Crippen LogP contribution >= 0.6 is 0 Å². The lowest BCUT2D eigenvalue weighted by atomic mass is 9.88. The third kappa shape index (κ3) is 4.44. The van der Waals surface area contributed by atoms with Crippen molar-refractivity contribution in [3.63, 3.8) is 0 Å². The van der Waals surface area contributed by atoms with E-state index in [2.05, 4.69) is 0 Å². The van der Waals surface area contributed by atoms with Crippen LogP contribution in [0.2, 0.25) is 0 Å². The highest BCUT2D eigenvalue weighted by Gasteiger charge is 2.59. The van der Waals surface area contributed by atoms with E-state index in [1.54, 1.807) is 13.8 Å². The van der Waals surface area contributed by atoms with E-state index in [0.717, 1.165) is 5.56 Å². The van der Waals surface area contributed by atoms with Crippen molar-refractivity contribution in [2.75, 3.05) is 20.8 Å². The lowest BCUT2D eigenvalue weighted by molar-refractivity contribution is -0.205. The number of benzene rings is 1. The van der Waals surface area contributed by atoms with Gasteiger partial charge in [-0.15, -0.1) is 0 Å². The van der Waals surface area contributed by atoms with Crippen LogP contribution in [0.1, 0.15) is 19.4 Å². The van der Waals surface area contributed by atoms with E-state index >= 15 is 0 Å². The Kier molecular flexibility index (Phi) is 6.55. The predicted molar refractivity (Wildman–Crippen MR) is 99.1 cm³/mol. The van der Waals surface area contributed by atoms with Crippen molar-refractivity contribution in [2.24, 2.45) is 5.92 Å². The van der Waals surface area contributed by atoms with Gasteiger partial charge in [-0.3, -0.25) is 9.63 Å². The van der Waals surface area contributed by atoms with Gasteiger partial charge in [0.1, 0.15) is 18.1 Å². The minimum Gasteiger partial charge on any atom is -0.469 e. The molecule has 160 valence electrons. The highest BCUT2D eigenvalue weighted by atomic mass is 16.8. The van der Waals surface area contributed by atoms with Crippen molar-refractivity contribution in [1.29, 1.82) is 0 Å². The summed E-state index contributed by atoms with van der Waals surface area (Å²) in [5.41, 5.74) is 0.908. The molecule has 2 heterocycles. The van der Waals surface area contributed by atoms with Gasteiger partial charge in [0.05, 0.1) is 26.9 Å². The number of hydrogen-bond acceptors (Lipinski definition) is 9. The van der Waals surface area contributed by atoms with E-state index in [-0.39, 0.29) is 13.2 Å². The average Bonchev–Trinajstić information content (AvgIpc) is 3.23. The maximum absolute atomic E-state index is 12.7. The fourth-order valence-electron chi connectivity index (χ4n) is 3.91. The molecule has 1 aromatic carbocycles. The summed E-state index contributed by atoms with van der Waals surface area (Å²) in [6, 6.07) is 8.70. The molecule has 0 unspecified atom stereocenters. The monoisotopic (exact) mass is 409 g/mol. The minimum absolute atomic E-state index is 0.283. The Morgan fingerprint density at radius 2 is 1.76 bits per heavy atom. The van der Waals surface area contributed by atoms with Crippen LogP contribution in [0, 0.1) is 5.92 Å². The molecule has 9 nitrogen and oxygen atoms in total. The third-order valence-electron chi connectivity index (χ3n) is 5.10. The molecule has 0 spiro atoms. The van der Waals surface area contributed by atoms with Crippen LogP contribution in [0.5, 0.6) is 0 Å². The summed E-state index contributed by atoms with van der Waals surface area (Å²) in [6.07, 6.45) is -2.65. The van der Waals surface area contributed by atoms with Gasteiger partial charge in [0, 0.05) is 6.54 Å². The first-order valence-electron chi connectivity index (χ1n) is 9.40. The van der Waals surface area contributed by atoms with Crippen molar-refractivity contribution in [3.05, 3.63) is 35.9 Å². The highest BCUT2D eigenvalue weighted by molar-refractivity contribution is 5.85. The highest BCUT2D eigenvalue weighted by Crippen LogP contribution is 2.40. The molecule has 0 aliphatic carbocycles. The summed E-state index contributed by atoms with van der Waals surface area (Å²) in [5, 5.41) is 11.4. The summed E-state index contributed by atoms with van der Waals surface area (Å²) in [5.74, 6) is -3.32. The number of hydroxylamine groups is 2. The van der Waals surface area contributed by atoms with Gasteiger partial charge in [0.15, 0.2) is 11.9 Å². The fraction of sp³-hybridized carbons (Fsp3) is 0.600. The molecule has 2 fully saturated rings. The lowest BCUT2D eigenvalue weighted by Crippen LogP contribution is -2.50. The van der Waals surface area contributed by atoms with Crippen molar-refractivity contribution in [2.45, 2.75) is 50.5 Å². The van der Waals surface area contributed by atoms with Crippen molar-refractivity contribution >= 4 is 11.9 Å². The van der Waals surface area contributed by atoms with Crippen LogP contribution in [0.4, 0.5) is 0 Å². The standard InChI is InChI=1S/C20H27NO8/c1-20(2)27-13(11-22)16(28-20)15-14(18(23)25-3)17(19(24)26-4)29-21(15)10-12-8-6-5-7-9-12/h5-9,13-17,22H,10-11H2,1-4H3/t13-,14-,15+,16-,17+/m1/s1.